The molecule has 3 amide bonds. The predicted octanol–water partition coefficient (Wildman–Crippen LogP) is 5.52. The van der Waals surface area contributed by atoms with E-state index in [9.17, 15) is 19.2 Å². The lowest BCUT2D eigenvalue weighted by atomic mass is 9.95. The van der Waals surface area contributed by atoms with Crippen LogP contribution in [0.3, 0.4) is 0 Å². The van der Waals surface area contributed by atoms with Crippen LogP contribution in [0.25, 0.3) is 6.08 Å². The minimum Gasteiger partial charge on any atom is -0.462 e. The number of nitrogens with one attached hydrogen (secondary N) is 1. The molecule has 0 atom stereocenters. The van der Waals surface area contributed by atoms with Crippen LogP contribution in [0.5, 0.6) is 0 Å². The van der Waals surface area contributed by atoms with Crippen molar-refractivity contribution in [1.29, 1.82) is 0 Å². The molecule has 0 unspecified atom stereocenters. The van der Waals surface area contributed by atoms with E-state index in [4.69, 9.17) is 16.3 Å². The van der Waals surface area contributed by atoms with Gasteiger partial charge >= 0.3 is 5.97 Å². The SMILES string of the molecule is CCOC(=O)c1c(NC(=O)CCN2C(=O)S/C(=C\c3ccccc3Cl)C2=O)sc2c1CCCC2. The second kappa shape index (κ2) is 10.8. The molecule has 1 aromatic heterocycles. The van der Waals surface area contributed by atoms with Crippen molar-refractivity contribution < 1.29 is 23.9 Å². The van der Waals surface area contributed by atoms with Crippen LogP contribution in [0.2, 0.25) is 5.02 Å². The van der Waals surface area contributed by atoms with Crippen molar-refractivity contribution in [2.24, 2.45) is 0 Å². The van der Waals surface area contributed by atoms with Crippen LogP contribution in [-0.2, 0) is 27.2 Å². The first-order valence-corrected chi connectivity index (χ1v) is 13.0. The van der Waals surface area contributed by atoms with Crippen LogP contribution in [0.15, 0.2) is 29.2 Å². The molecule has 7 nitrogen and oxygen atoms in total. The van der Waals surface area contributed by atoms with Gasteiger partial charge in [0, 0.05) is 22.9 Å². The molecule has 2 aliphatic rings. The number of benzene rings is 1. The van der Waals surface area contributed by atoms with Gasteiger partial charge in [-0.05, 0) is 67.6 Å². The summed E-state index contributed by atoms with van der Waals surface area (Å²) in [6, 6.07) is 7.03. The minimum atomic E-state index is -0.457. The third-order valence-electron chi connectivity index (χ3n) is 5.53. The second-order valence-electron chi connectivity index (χ2n) is 7.79. The van der Waals surface area contributed by atoms with Gasteiger partial charge in [0.25, 0.3) is 11.1 Å². The zero-order chi connectivity index (χ0) is 24.2. The Balaban J connectivity index is 1.43. The van der Waals surface area contributed by atoms with Crippen LogP contribution < -0.4 is 5.32 Å². The van der Waals surface area contributed by atoms with E-state index in [2.05, 4.69) is 5.32 Å². The molecule has 0 radical (unpaired) electrons. The van der Waals surface area contributed by atoms with Crippen LogP contribution in [0.4, 0.5) is 9.80 Å². The van der Waals surface area contributed by atoms with E-state index >= 15 is 0 Å². The lowest BCUT2D eigenvalue weighted by molar-refractivity contribution is -0.123. The lowest BCUT2D eigenvalue weighted by Crippen LogP contribution is -2.31. The highest BCUT2D eigenvalue weighted by molar-refractivity contribution is 8.18. The Morgan fingerprint density at radius 3 is 2.74 bits per heavy atom. The van der Waals surface area contributed by atoms with Crippen molar-refractivity contribution in [3.05, 3.63) is 55.8 Å². The largest absolute Gasteiger partial charge is 0.462 e. The number of hydrogen-bond donors (Lipinski definition) is 1. The number of thioether (sulfide) groups is 1. The second-order valence-corrected chi connectivity index (χ2v) is 10.3. The molecule has 0 bridgehead atoms. The normalized spacial score (nSPS) is 16.6. The average molecular weight is 519 g/mol. The van der Waals surface area contributed by atoms with Gasteiger partial charge in [-0.15, -0.1) is 11.3 Å². The highest BCUT2D eigenvalue weighted by Gasteiger charge is 2.35. The molecule has 34 heavy (non-hydrogen) atoms. The van der Waals surface area contributed by atoms with Crippen molar-refractivity contribution in [2.45, 2.75) is 39.0 Å². The first-order chi connectivity index (χ1) is 16.4. The van der Waals surface area contributed by atoms with Crippen molar-refractivity contribution in [1.82, 2.24) is 4.90 Å². The number of carbonyl (C=O) groups is 4. The average Bonchev–Trinajstić information content (AvgIpc) is 3.30. The molecule has 1 fully saturated rings. The Labute approximate surface area is 210 Å². The van der Waals surface area contributed by atoms with Gasteiger partial charge in [-0.2, -0.15) is 0 Å². The van der Waals surface area contributed by atoms with Gasteiger partial charge < -0.3 is 10.1 Å². The van der Waals surface area contributed by atoms with E-state index in [1.165, 1.54) is 11.3 Å². The third-order valence-corrected chi connectivity index (χ3v) is 7.99. The third kappa shape index (κ3) is 5.21. The van der Waals surface area contributed by atoms with Crippen molar-refractivity contribution in [3.8, 4) is 0 Å². The number of halogens is 1. The molecule has 1 N–H and O–H groups in total. The smallest absolute Gasteiger partial charge is 0.341 e. The molecule has 1 aromatic carbocycles. The number of thiophene rings is 1. The Morgan fingerprint density at radius 2 is 1.97 bits per heavy atom. The van der Waals surface area contributed by atoms with E-state index in [0.29, 0.717) is 21.2 Å². The highest BCUT2D eigenvalue weighted by atomic mass is 35.5. The predicted molar refractivity (Wildman–Crippen MR) is 134 cm³/mol. The zero-order valence-corrected chi connectivity index (χ0v) is 20.9. The summed E-state index contributed by atoms with van der Waals surface area (Å²) in [4.78, 5) is 52.8. The first kappa shape index (κ1) is 24.5. The van der Waals surface area contributed by atoms with Gasteiger partial charge in [0.05, 0.1) is 17.1 Å². The molecule has 1 aliphatic heterocycles. The summed E-state index contributed by atoms with van der Waals surface area (Å²) in [5, 5.41) is 3.33. The van der Waals surface area contributed by atoms with Crippen molar-refractivity contribution in [3.63, 3.8) is 0 Å². The summed E-state index contributed by atoms with van der Waals surface area (Å²) in [6.45, 7) is 1.93. The quantitative estimate of drug-likeness (QED) is 0.383. The van der Waals surface area contributed by atoms with E-state index in [1.54, 1.807) is 37.3 Å². The number of aryl methyl sites for hydroxylation is 1. The molecular formula is C24H23ClN2O5S2. The zero-order valence-electron chi connectivity index (χ0n) is 18.5. The Kier molecular flexibility index (Phi) is 7.75. The molecule has 2 aromatic rings. The van der Waals surface area contributed by atoms with Gasteiger partial charge in [0.1, 0.15) is 5.00 Å². The van der Waals surface area contributed by atoms with Gasteiger partial charge in [-0.3, -0.25) is 19.3 Å². The summed E-state index contributed by atoms with van der Waals surface area (Å²) >= 11 is 8.37. The molecule has 4 rings (SSSR count). The number of rotatable bonds is 7. The number of amides is 3. The number of esters is 1. The number of anilines is 1. The summed E-state index contributed by atoms with van der Waals surface area (Å²) in [5.41, 5.74) is 2.03. The lowest BCUT2D eigenvalue weighted by Gasteiger charge is -2.13. The first-order valence-electron chi connectivity index (χ1n) is 11.0. The molecule has 10 heteroatoms. The topological polar surface area (TPSA) is 92.8 Å². The van der Waals surface area contributed by atoms with Gasteiger partial charge in [0.2, 0.25) is 5.91 Å². The minimum absolute atomic E-state index is 0.0593. The summed E-state index contributed by atoms with van der Waals surface area (Å²) in [6.07, 6.45) is 5.19. The van der Waals surface area contributed by atoms with Crippen LogP contribution >= 0.6 is 34.7 Å². The molecule has 178 valence electrons. The van der Waals surface area contributed by atoms with Crippen LogP contribution in [-0.4, -0.2) is 41.1 Å². The molecule has 1 saturated heterocycles. The Hall–Kier alpha value is -2.62. The van der Waals surface area contributed by atoms with E-state index in [1.807, 2.05) is 0 Å². The Bertz CT molecular complexity index is 1190. The number of fused-ring (bicyclic) bond motifs is 1. The van der Waals surface area contributed by atoms with Crippen LogP contribution in [0.1, 0.15) is 52.5 Å². The fourth-order valence-electron chi connectivity index (χ4n) is 3.90. The summed E-state index contributed by atoms with van der Waals surface area (Å²) in [5.74, 6) is -1.27. The summed E-state index contributed by atoms with van der Waals surface area (Å²) in [7, 11) is 0. The number of hydrogen-bond acceptors (Lipinski definition) is 7. The maximum atomic E-state index is 12.7. The standard InChI is InChI=1S/C24H23ClN2O5S2/c1-2-32-23(30)20-15-8-4-6-10-17(15)33-21(20)26-19(28)11-12-27-22(29)18(34-24(27)31)13-14-7-3-5-9-16(14)25/h3,5,7,9,13H,2,4,6,8,10-12H2,1H3,(H,26,28)/b18-13-. The monoisotopic (exact) mass is 518 g/mol. The van der Waals surface area contributed by atoms with Crippen LogP contribution in [0, 0.1) is 0 Å². The number of imide groups is 1. The highest BCUT2D eigenvalue weighted by Crippen LogP contribution is 2.39. The maximum Gasteiger partial charge on any atom is 0.341 e. The van der Waals surface area contributed by atoms with Gasteiger partial charge in [-0.25, -0.2) is 4.79 Å². The molecule has 2 heterocycles. The van der Waals surface area contributed by atoms with Crippen molar-refractivity contribution >= 4 is 68.8 Å². The van der Waals surface area contributed by atoms with Crippen molar-refractivity contribution in [2.75, 3.05) is 18.5 Å². The molecule has 1 aliphatic carbocycles. The number of carbonyl (C=O) groups excluding carboxylic acids is 4. The maximum absolute atomic E-state index is 12.7. The van der Waals surface area contributed by atoms with E-state index in [-0.39, 0.29) is 30.4 Å². The molecule has 0 saturated carbocycles. The van der Waals surface area contributed by atoms with Gasteiger partial charge in [-0.1, -0.05) is 29.8 Å². The fraction of sp³-hybridized carbons (Fsp3) is 0.333. The number of ether oxygens (including phenoxy) is 1. The van der Waals surface area contributed by atoms with E-state index in [0.717, 1.165) is 52.8 Å². The molecular weight excluding hydrogens is 496 g/mol. The van der Waals surface area contributed by atoms with Gasteiger partial charge in [0.15, 0.2) is 0 Å². The Morgan fingerprint density at radius 1 is 1.21 bits per heavy atom. The fourth-order valence-corrected chi connectivity index (χ4v) is 6.24. The summed E-state index contributed by atoms with van der Waals surface area (Å²) < 4.78 is 5.21. The number of nitrogens with zero attached hydrogens (tertiary/aromatic N) is 1. The molecule has 0 spiro atoms. The van der Waals surface area contributed by atoms with E-state index < -0.39 is 17.1 Å².